The van der Waals surface area contributed by atoms with Gasteiger partial charge in [0.2, 0.25) is 0 Å². The van der Waals surface area contributed by atoms with E-state index in [4.69, 9.17) is 4.55 Å². The summed E-state index contributed by atoms with van der Waals surface area (Å²) < 4.78 is 45.0. The summed E-state index contributed by atoms with van der Waals surface area (Å²) in [6.45, 7) is 0. The molecule has 0 saturated carbocycles. The maximum Gasteiger partial charge on any atom is 0.496 e. The Morgan fingerprint density at radius 2 is 1.81 bits per heavy atom. The molecule has 16 heavy (non-hydrogen) atoms. The van der Waals surface area contributed by atoms with E-state index < -0.39 is 29.1 Å². The van der Waals surface area contributed by atoms with Crippen LogP contribution in [0, 0.1) is 10.1 Å². The van der Waals surface area contributed by atoms with E-state index in [0.29, 0.717) is 0 Å². The predicted molar refractivity (Wildman–Crippen MR) is 51.9 cm³/mol. The molecule has 1 rings (SSSR count). The molecule has 1 aromatic rings. The van der Waals surface area contributed by atoms with Gasteiger partial charge in [-0.25, -0.2) is 4.31 Å². The molecule has 0 heterocycles. The Morgan fingerprint density at radius 1 is 1.31 bits per heavy atom. The number of rotatable bonds is 3. The molecule has 0 atom stereocenters. The molecule has 0 spiro atoms. The van der Waals surface area contributed by atoms with Crippen molar-refractivity contribution in [3.63, 3.8) is 0 Å². The third-order valence-electron chi connectivity index (χ3n) is 1.61. The van der Waals surface area contributed by atoms with Crippen LogP contribution in [0.25, 0.3) is 0 Å². The molecule has 0 bridgehead atoms. The van der Waals surface area contributed by atoms with Crippen LogP contribution < -0.4 is 4.31 Å². The third kappa shape index (κ3) is 2.76. The van der Waals surface area contributed by atoms with E-state index in [1.165, 1.54) is 0 Å². The van der Waals surface area contributed by atoms with E-state index in [1.807, 2.05) is 0 Å². The van der Waals surface area contributed by atoms with E-state index in [1.54, 1.807) is 0 Å². The van der Waals surface area contributed by atoms with E-state index in [9.17, 15) is 23.3 Å². The zero-order chi connectivity index (χ0) is 12.3. The molecule has 0 aromatic heterocycles. The molecule has 0 radical (unpaired) electrons. The molecule has 1 N–H and O–H groups in total. The number of nitro benzene ring substituents is 1. The standard InChI is InChI=1S/C7H5F3N2O3S/c8-7(9,10)11(16-15)5-1-3-6(4-2-5)12(13)14/h1-4,15H. The molecule has 0 saturated heterocycles. The first-order valence-corrected chi connectivity index (χ1v) is 4.52. The van der Waals surface area contributed by atoms with E-state index in [0.717, 1.165) is 24.3 Å². The zero-order valence-electron chi connectivity index (χ0n) is 7.51. The number of nitro groups is 1. The maximum atomic E-state index is 12.3. The smallest absolute Gasteiger partial charge is 0.312 e. The van der Waals surface area contributed by atoms with E-state index in [-0.39, 0.29) is 9.99 Å². The number of hydrogen-bond acceptors (Lipinski definition) is 5. The van der Waals surface area contributed by atoms with Crippen LogP contribution in [0.3, 0.4) is 0 Å². The zero-order valence-corrected chi connectivity index (χ0v) is 8.33. The van der Waals surface area contributed by atoms with Crippen LogP contribution in [0.1, 0.15) is 0 Å². The Bertz CT molecular complexity index is 381. The average molecular weight is 254 g/mol. The van der Waals surface area contributed by atoms with Gasteiger partial charge in [-0.2, -0.15) is 0 Å². The third-order valence-corrected chi connectivity index (χ3v) is 2.19. The van der Waals surface area contributed by atoms with Crippen LogP contribution in [-0.4, -0.2) is 15.8 Å². The molecule has 0 aliphatic heterocycles. The summed E-state index contributed by atoms with van der Waals surface area (Å²) in [6.07, 6.45) is -4.77. The Kier molecular flexibility index (Phi) is 3.60. The largest absolute Gasteiger partial charge is 0.496 e. The topological polar surface area (TPSA) is 66.6 Å². The van der Waals surface area contributed by atoms with Crippen molar-refractivity contribution in [1.29, 1.82) is 0 Å². The second kappa shape index (κ2) is 4.58. The lowest BCUT2D eigenvalue weighted by Crippen LogP contribution is -2.31. The monoisotopic (exact) mass is 254 g/mol. The SMILES string of the molecule is O=[N+]([O-])c1ccc(N(SO)C(F)(F)F)cc1. The Morgan fingerprint density at radius 3 is 2.12 bits per heavy atom. The van der Waals surface area contributed by atoms with Crippen molar-refractivity contribution in [2.45, 2.75) is 6.30 Å². The Labute approximate surface area is 92.0 Å². The van der Waals surface area contributed by atoms with Gasteiger partial charge >= 0.3 is 6.30 Å². The van der Waals surface area contributed by atoms with Crippen molar-refractivity contribution >= 4 is 23.6 Å². The Hall–Kier alpha value is -1.48. The van der Waals surface area contributed by atoms with Crippen LogP contribution >= 0.6 is 12.2 Å². The minimum Gasteiger partial charge on any atom is -0.312 e. The first-order chi connectivity index (χ1) is 7.36. The summed E-state index contributed by atoms with van der Waals surface area (Å²) in [6, 6.07) is 3.64. The summed E-state index contributed by atoms with van der Waals surface area (Å²) in [5, 5.41) is 10.3. The van der Waals surface area contributed by atoms with Gasteiger partial charge in [-0.3, -0.25) is 10.1 Å². The minimum absolute atomic E-state index is 0.323. The summed E-state index contributed by atoms with van der Waals surface area (Å²) >= 11 is -0.517. The van der Waals surface area contributed by atoms with Gasteiger partial charge in [0.05, 0.1) is 10.6 Å². The molecule has 0 aliphatic rings. The highest BCUT2D eigenvalue weighted by molar-refractivity contribution is 7.95. The summed E-state index contributed by atoms with van der Waals surface area (Å²) in [5.41, 5.74) is -0.723. The molecule has 0 aliphatic carbocycles. The Balaban J connectivity index is 3.00. The van der Waals surface area contributed by atoms with Gasteiger partial charge < -0.3 is 4.55 Å². The number of alkyl halides is 3. The highest BCUT2D eigenvalue weighted by atomic mass is 32.2. The van der Waals surface area contributed by atoms with Crippen LogP contribution in [0.4, 0.5) is 24.5 Å². The van der Waals surface area contributed by atoms with Crippen LogP contribution in [0.2, 0.25) is 0 Å². The van der Waals surface area contributed by atoms with E-state index >= 15 is 0 Å². The fourth-order valence-electron chi connectivity index (χ4n) is 0.950. The van der Waals surface area contributed by atoms with Crippen molar-refractivity contribution in [1.82, 2.24) is 0 Å². The number of anilines is 1. The highest BCUT2D eigenvalue weighted by Crippen LogP contribution is 2.34. The van der Waals surface area contributed by atoms with Gasteiger partial charge in [0.1, 0.15) is 12.2 Å². The number of non-ortho nitro benzene ring substituents is 1. The van der Waals surface area contributed by atoms with Crippen molar-refractivity contribution in [3.8, 4) is 0 Å². The molecule has 0 fully saturated rings. The quantitative estimate of drug-likeness (QED) is 0.295. The van der Waals surface area contributed by atoms with Crippen LogP contribution in [-0.2, 0) is 0 Å². The molecular formula is C7H5F3N2O3S. The predicted octanol–water partition coefficient (Wildman–Crippen LogP) is 3.04. The minimum atomic E-state index is -4.77. The van der Waals surface area contributed by atoms with Gasteiger partial charge in [-0.05, 0) is 12.1 Å². The molecule has 88 valence electrons. The fourth-order valence-corrected chi connectivity index (χ4v) is 1.26. The van der Waals surface area contributed by atoms with Gasteiger partial charge in [-0.15, -0.1) is 13.2 Å². The lowest BCUT2D eigenvalue weighted by molar-refractivity contribution is -0.384. The lowest BCUT2D eigenvalue weighted by Gasteiger charge is -2.21. The normalized spacial score (nSPS) is 11.2. The first kappa shape index (κ1) is 12.6. The van der Waals surface area contributed by atoms with Gasteiger partial charge in [0.15, 0.2) is 0 Å². The lowest BCUT2D eigenvalue weighted by atomic mass is 10.3. The molecular weight excluding hydrogens is 249 g/mol. The summed E-state index contributed by atoms with van der Waals surface area (Å²) in [7, 11) is 0. The number of halogens is 3. The molecule has 9 heteroatoms. The molecule has 0 unspecified atom stereocenters. The second-order valence-corrected chi connectivity index (χ2v) is 3.15. The number of nitrogens with zero attached hydrogens (tertiary/aromatic N) is 2. The van der Waals surface area contributed by atoms with E-state index in [2.05, 4.69) is 0 Å². The second-order valence-electron chi connectivity index (χ2n) is 2.62. The number of benzene rings is 1. The average Bonchev–Trinajstić information content (AvgIpc) is 2.17. The van der Waals surface area contributed by atoms with Crippen molar-refractivity contribution in [2.75, 3.05) is 4.31 Å². The van der Waals surface area contributed by atoms with Crippen molar-refractivity contribution in [2.24, 2.45) is 0 Å². The molecule has 0 amide bonds. The summed E-state index contributed by atoms with van der Waals surface area (Å²) in [4.78, 5) is 9.54. The maximum absolute atomic E-state index is 12.3. The molecule has 5 nitrogen and oxygen atoms in total. The fraction of sp³-hybridized carbons (Fsp3) is 0.143. The summed E-state index contributed by atoms with van der Waals surface area (Å²) in [5.74, 6) is 0. The highest BCUT2D eigenvalue weighted by Gasteiger charge is 2.38. The molecule has 1 aromatic carbocycles. The van der Waals surface area contributed by atoms with Crippen LogP contribution in [0.15, 0.2) is 24.3 Å². The number of hydrogen-bond donors (Lipinski definition) is 1. The van der Waals surface area contributed by atoms with Gasteiger partial charge in [0.25, 0.3) is 5.69 Å². The van der Waals surface area contributed by atoms with Crippen molar-refractivity contribution < 1.29 is 22.6 Å². The van der Waals surface area contributed by atoms with Crippen LogP contribution in [0.5, 0.6) is 0 Å². The van der Waals surface area contributed by atoms with Crippen molar-refractivity contribution in [3.05, 3.63) is 34.4 Å². The van der Waals surface area contributed by atoms with Gasteiger partial charge in [-0.1, -0.05) is 0 Å². The van der Waals surface area contributed by atoms with Gasteiger partial charge in [0, 0.05) is 12.1 Å². The first-order valence-electron chi connectivity index (χ1n) is 3.79.